The highest BCUT2D eigenvalue weighted by molar-refractivity contribution is 6.42. The van der Waals surface area contributed by atoms with E-state index in [2.05, 4.69) is 0 Å². The van der Waals surface area contributed by atoms with Gasteiger partial charge in [-0.3, -0.25) is 19.7 Å². The third-order valence-electron chi connectivity index (χ3n) is 6.22. The molecule has 0 bridgehead atoms. The second-order valence-electron chi connectivity index (χ2n) is 8.21. The van der Waals surface area contributed by atoms with Crippen molar-refractivity contribution in [2.75, 3.05) is 31.1 Å². The summed E-state index contributed by atoms with van der Waals surface area (Å²) in [7, 11) is 0. The smallest absolute Gasteiger partial charge is 0.293 e. The summed E-state index contributed by atoms with van der Waals surface area (Å²) in [4.78, 5) is 40.7. The number of rotatable bonds is 5. The number of amides is 1. The van der Waals surface area contributed by atoms with E-state index in [-0.39, 0.29) is 23.3 Å². The Bertz CT molecular complexity index is 1060. The molecule has 2 aliphatic heterocycles. The maximum absolute atomic E-state index is 13.0. The first-order chi connectivity index (χ1) is 15.3. The number of likely N-dealkylation sites (tertiary alicyclic amines) is 1. The lowest BCUT2D eigenvalue weighted by Gasteiger charge is -2.31. The number of anilines is 1. The Morgan fingerprint density at radius 3 is 2.19 bits per heavy atom. The minimum Gasteiger partial charge on any atom is -0.366 e. The zero-order valence-corrected chi connectivity index (χ0v) is 18.9. The van der Waals surface area contributed by atoms with Crippen LogP contribution < -0.4 is 4.90 Å². The summed E-state index contributed by atoms with van der Waals surface area (Å²) in [5, 5.41) is 12.4. The molecule has 2 fully saturated rings. The Morgan fingerprint density at radius 2 is 1.56 bits per heavy atom. The monoisotopic (exact) mass is 475 g/mol. The van der Waals surface area contributed by atoms with Crippen LogP contribution in [0.15, 0.2) is 36.4 Å². The molecule has 2 aromatic carbocycles. The van der Waals surface area contributed by atoms with Gasteiger partial charge in [0.25, 0.3) is 11.6 Å². The number of carbonyl (C=O) groups excluding carboxylic acids is 2. The van der Waals surface area contributed by atoms with E-state index < -0.39 is 4.92 Å². The van der Waals surface area contributed by atoms with Gasteiger partial charge in [0.2, 0.25) is 0 Å². The maximum Gasteiger partial charge on any atom is 0.293 e. The van der Waals surface area contributed by atoms with E-state index in [1.54, 1.807) is 35.2 Å². The summed E-state index contributed by atoms with van der Waals surface area (Å²) < 4.78 is 0. The van der Waals surface area contributed by atoms with Gasteiger partial charge in [0.1, 0.15) is 5.69 Å². The van der Waals surface area contributed by atoms with Crippen molar-refractivity contribution >= 4 is 46.3 Å². The summed E-state index contributed by atoms with van der Waals surface area (Å²) in [6, 6.07) is 9.56. The van der Waals surface area contributed by atoms with Crippen molar-refractivity contribution in [2.45, 2.75) is 25.7 Å². The Morgan fingerprint density at radius 1 is 0.906 bits per heavy atom. The van der Waals surface area contributed by atoms with Crippen molar-refractivity contribution in [1.82, 2.24) is 4.90 Å². The van der Waals surface area contributed by atoms with Gasteiger partial charge < -0.3 is 9.80 Å². The van der Waals surface area contributed by atoms with Crippen molar-refractivity contribution < 1.29 is 14.5 Å². The number of hydrogen-bond donors (Lipinski definition) is 0. The molecule has 2 aliphatic rings. The van der Waals surface area contributed by atoms with E-state index in [0.717, 1.165) is 25.9 Å². The van der Waals surface area contributed by atoms with Crippen LogP contribution in [0, 0.1) is 16.0 Å². The number of carbonyl (C=O) groups is 2. The van der Waals surface area contributed by atoms with Crippen LogP contribution in [0.25, 0.3) is 0 Å². The number of nitro benzene ring substituents is 1. The van der Waals surface area contributed by atoms with Crippen LogP contribution in [0.2, 0.25) is 10.0 Å². The molecular formula is C23H23Cl2N3O4. The standard InChI is InChI=1S/C23H23Cl2N3O4/c24-18-5-3-16(13-19(18)25)22(29)15-7-11-27(12-8-15)23(30)17-4-6-20(21(14-17)28(31)32)26-9-1-2-10-26/h3-6,13-15H,1-2,7-12H2. The normalized spacial score (nSPS) is 16.9. The molecule has 2 saturated heterocycles. The highest BCUT2D eigenvalue weighted by atomic mass is 35.5. The molecule has 0 saturated carbocycles. The minimum atomic E-state index is -0.424. The first-order valence-corrected chi connectivity index (χ1v) is 11.4. The van der Waals surface area contributed by atoms with Crippen molar-refractivity contribution in [2.24, 2.45) is 5.92 Å². The molecule has 0 spiro atoms. The maximum atomic E-state index is 13.0. The van der Waals surface area contributed by atoms with Crippen LogP contribution >= 0.6 is 23.2 Å². The summed E-state index contributed by atoms with van der Waals surface area (Å²) in [6.07, 6.45) is 3.07. The van der Waals surface area contributed by atoms with Crippen LogP contribution in [-0.2, 0) is 0 Å². The fraction of sp³-hybridized carbons (Fsp3) is 0.391. The molecular weight excluding hydrogens is 453 g/mol. The van der Waals surface area contributed by atoms with Crippen LogP contribution in [-0.4, -0.2) is 47.7 Å². The third kappa shape index (κ3) is 4.59. The van der Waals surface area contributed by atoms with Crippen LogP contribution in [0.4, 0.5) is 11.4 Å². The summed E-state index contributed by atoms with van der Waals surface area (Å²) in [6.45, 7) is 2.40. The zero-order valence-electron chi connectivity index (χ0n) is 17.4. The second-order valence-corrected chi connectivity index (χ2v) is 9.03. The van der Waals surface area contributed by atoms with E-state index in [9.17, 15) is 19.7 Å². The lowest BCUT2D eigenvalue weighted by Crippen LogP contribution is -2.40. The Kier molecular flexibility index (Phi) is 6.67. The van der Waals surface area contributed by atoms with Gasteiger partial charge in [0.05, 0.1) is 15.0 Å². The summed E-state index contributed by atoms with van der Waals surface area (Å²) >= 11 is 12.0. The first-order valence-electron chi connectivity index (χ1n) is 10.7. The predicted molar refractivity (Wildman–Crippen MR) is 124 cm³/mol. The molecule has 168 valence electrons. The van der Waals surface area contributed by atoms with Gasteiger partial charge in [-0.05, 0) is 56.0 Å². The fourth-order valence-electron chi connectivity index (χ4n) is 4.44. The van der Waals surface area contributed by atoms with Crippen LogP contribution in [0.1, 0.15) is 46.4 Å². The predicted octanol–water partition coefficient (Wildman–Crippen LogP) is 5.24. The lowest BCUT2D eigenvalue weighted by atomic mass is 9.88. The van der Waals surface area contributed by atoms with Crippen molar-refractivity contribution in [3.8, 4) is 0 Å². The highest BCUT2D eigenvalue weighted by Crippen LogP contribution is 2.33. The Hall–Kier alpha value is -2.64. The van der Waals surface area contributed by atoms with Gasteiger partial charge in [0, 0.05) is 49.3 Å². The molecule has 7 nitrogen and oxygen atoms in total. The summed E-state index contributed by atoms with van der Waals surface area (Å²) in [5.74, 6) is -0.467. The molecule has 4 rings (SSSR count). The second kappa shape index (κ2) is 9.46. The molecule has 0 N–H and O–H groups in total. The molecule has 0 atom stereocenters. The average Bonchev–Trinajstić information content (AvgIpc) is 3.34. The van der Waals surface area contributed by atoms with Gasteiger partial charge in [0.15, 0.2) is 5.78 Å². The lowest BCUT2D eigenvalue weighted by molar-refractivity contribution is -0.384. The number of nitro groups is 1. The molecule has 0 aliphatic carbocycles. The van der Waals surface area contributed by atoms with Gasteiger partial charge >= 0.3 is 0 Å². The molecule has 1 amide bonds. The van der Waals surface area contributed by atoms with Gasteiger partial charge in [-0.25, -0.2) is 0 Å². The number of ketones is 1. The fourth-order valence-corrected chi connectivity index (χ4v) is 4.74. The molecule has 2 aromatic rings. The van der Waals surface area contributed by atoms with Crippen molar-refractivity contribution in [1.29, 1.82) is 0 Å². The van der Waals surface area contributed by atoms with E-state index in [4.69, 9.17) is 23.2 Å². The van der Waals surface area contributed by atoms with E-state index >= 15 is 0 Å². The van der Waals surface area contributed by atoms with Gasteiger partial charge in [-0.15, -0.1) is 0 Å². The molecule has 0 aromatic heterocycles. The van der Waals surface area contributed by atoms with Crippen molar-refractivity contribution in [3.63, 3.8) is 0 Å². The SMILES string of the molecule is O=C(c1ccc(Cl)c(Cl)c1)C1CCN(C(=O)c2ccc(N3CCCC3)c([N+](=O)[O-])c2)CC1. The highest BCUT2D eigenvalue weighted by Gasteiger charge is 2.30. The van der Waals surface area contributed by atoms with Crippen molar-refractivity contribution in [3.05, 3.63) is 67.7 Å². The number of Topliss-reactive ketones (excluding diaryl/α,β-unsaturated/α-hetero) is 1. The Balaban J connectivity index is 1.44. The third-order valence-corrected chi connectivity index (χ3v) is 6.96. The summed E-state index contributed by atoms with van der Waals surface area (Å²) in [5.41, 5.74) is 1.34. The molecule has 0 radical (unpaired) electrons. The van der Waals surface area contributed by atoms with Crippen LogP contribution in [0.3, 0.4) is 0 Å². The topological polar surface area (TPSA) is 83.8 Å². The van der Waals surface area contributed by atoms with E-state index in [0.29, 0.717) is 52.8 Å². The average molecular weight is 476 g/mol. The molecule has 9 heteroatoms. The number of benzene rings is 2. The molecule has 32 heavy (non-hydrogen) atoms. The Labute approximate surface area is 196 Å². The van der Waals surface area contributed by atoms with Crippen LogP contribution in [0.5, 0.6) is 0 Å². The van der Waals surface area contributed by atoms with E-state index in [1.807, 2.05) is 4.90 Å². The quantitative estimate of drug-likeness (QED) is 0.335. The van der Waals surface area contributed by atoms with Gasteiger partial charge in [-0.2, -0.15) is 0 Å². The number of nitrogens with zero attached hydrogens (tertiary/aromatic N) is 3. The van der Waals surface area contributed by atoms with E-state index in [1.165, 1.54) is 6.07 Å². The number of halogens is 2. The minimum absolute atomic E-state index is 0.0127. The van der Waals surface area contributed by atoms with Gasteiger partial charge in [-0.1, -0.05) is 23.2 Å². The zero-order chi connectivity index (χ0) is 22.8. The first kappa shape index (κ1) is 22.6. The molecule has 2 heterocycles. The number of hydrogen-bond acceptors (Lipinski definition) is 5. The largest absolute Gasteiger partial charge is 0.366 e. The number of piperidine rings is 1. The molecule has 0 unspecified atom stereocenters.